The van der Waals surface area contributed by atoms with Crippen molar-refractivity contribution in [2.24, 2.45) is 0 Å². The maximum absolute atomic E-state index is 11.7. The summed E-state index contributed by atoms with van der Waals surface area (Å²) in [6.45, 7) is 3.89. The van der Waals surface area contributed by atoms with E-state index in [-0.39, 0.29) is 16.8 Å². The van der Waals surface area contributed by atoms with E-state index < -0.39 is 0 Å². The highest BCUT2D eigenvalue weighted by molar-refractivity contribution is 9.09. The summed E-state index contributed by atoms with van der Waals surface area (Å²) in [4.78, 5) is 15.8. The second-order valence-electron chi connectivity index (χ2n) is 3.30. The number of carbonyl (C=O) groups excluding carboxylic acids is 1. The molecule has 5 heteroatoms. The lowest BCUT2D eigenvalue weighted by atomic mass is 10.2. The molecule has 1 rings (SSSR count). The molecule has 1 aromatic rings. The molecular formula is C10H12BrClN2O. The van der Waals surface area contributed by atoms with E-state index >= 15 is 0 Å². The van der Waals surface area contributed by atoms with Crippen molar-refractivity contribution in [1.82, 2.24) is 10.3 Å². The zero-order chi connectivity index (χ0) is 11.4. The molecule has 0 aromatic carbocycles. The number of alkyl halides is 1. The summed E-state index contributed by atoms with van der Waals surface area (Å²) in [5, 5.41) is 3.20. The third-order valence-electron chi connectivity index (χ3n) is 2.06. The van der Waals surface area contributed by atoms with Crippen LogP contribution in [0.25, 0.3) is 0 Å². The molecule has 1 heterocycles. The van der Waals surface area contributed by atoms with Crippen molar-refractivity contribution in [1.29, 1.82) is 0 Å². The van der Waals surface area contributed by atoms with Gasteiger partial charge in [-0.1, -0.05) is 34.5 Å². The average molecular weight is 292 g/mol. The van der Waals surface area contributed by atoms with E-state index in [2.05, 4.69) is 26.2 Å². The molecule has 0 aliphatic heterocycles. The maximum atomic E-state index is 11.7. The van der Waals surface area contributed by atoms with E-state index in [4.69, 9.17) is 11.6 Å². The van der Waals surface area contributed by atoms with Crippen LogP contribution in [0.5, 0.6) is 0 Å². The van der Waals surface area contributed by atoms with E-state index in [1.165, 1.54) is 6.20 Å². The number of nitrogens with zero attached hydrogens (tertiary/aromatic N) is 1. The van der Waals surface area contributed by atoms with Crippen LogP contribution in [-0.2, 0) is 0 Å². The SMILES string of the molecule is CC(Br)C(C)NC(=O)c1ccncc1Cl. The molecule has 0 bridgehead atoms. The zero-order valence-electron chi connectivity index (χ0n) is 8.50. The molecule has 0 radical (unpaired) electrons. The summed E-state index contributed by atoms with van der Waals surface area (Å²) >= 11 is 9.25. The van der Waals surface area contributed by atoms with Crippen LogP contribution in [0.1, 0.15) is 24.2 Å². The van der Waals surface area contributed by atoms with Gasteiger partial charge in [-0.15, -0.1) is 0 Å². The number of hydrogen-bond acceptors (Lipinski definition) is 2. The van der Waals surface area contributed by atoms with Gasteiger partial charge in [0.2, 0.25) is 0 Å². The summed E-state index contributed by atoms with van der Waals surface area (Å²) in [5.74, 6) is -0.179. The fourth-order valence-electron chi connectivity index (χ4n) is 0.959. The minimum Gasteiger partial charge on any atom is -0.348 e. The minimum absolute atomic E-state index is 0.0433. The first-order chi connectivity index (χ1) is 7.02. The number of nitrogens with one attached hydrogen (secondary N) is 1. The molecule has 82 valence electrons. The van der Waals surface area contributed by atoms with E-state index in [0.717, 1.165) is 0 Å². The summed E-state index contributed by atoms with van der Waals surface area (Å²) in [6, 6.07) is 1.64. The molecule has 0 saturated heterocycles. The Labute approximate surface area is 102 Å². The van der Waals surface area contributed by atoms with Crippen molar-refractivity contribution in [3.05, 3.63) is 29.0 Å². The van der Waals surface area contributed by atoms with Gasteiger partial charge in [0.05, 0.1) is 10.6 Å². The summed E-state index contributed by atoms with van der Waals surface area (Å²) < 4.78 is 0. The number of pyridine rings is 1. The van der Waals surface area contributed by atoms with Crippen LogP contribution in [0.15, 0.2) is 18.5 Å². The minimum atomic E-state index is -0.179. The summed E-state index contributed by atoms with van der Waals surface area (Å²) in [7, 11) is 0. The first-order valence-electron chi connectivity index (χ1n) is 4.57. The van der Waals surface area contributed by atoms with Gasteiger partial charge in [0.15, 0.2) is 0 Å². The maximum Gasteiger partial charge on any atom is 0.253 e. The molecule has 1 amide bonds. The largest absolute Gasteiger partial charge is 0.348 e. The van der Waals surface area contributed by atoms with Gasteiger partial charge in [-0.2, -0.15) is 0 Å². The van der Waals surface area contributed by atoms with Gasteiger partial charge in [0.1, 0.15) is 0 Å². The zero-order valence-corrected chi connectivity index (χ0v) is 10.8. The van der Waals surface area contributed by atoms with Gasteiger partial charge in [0.25, 0.3) is 5.91 Å². The fraction of sp³-hybridized carbons (Fsp3) is 0.400. The Morgan fingerprint density at radius 1 is 1.60 bits per heavy atom. The summed E-state index contributed by atoms with van der Waals surface area (Å²) in [5.41, 5.74) is 0.451. The molecule has 0 saturated carbocycles. The lowest BCUT2D eigenvalue weighted by Gasteiger charge is -2.16. The predicted molar refractivity (Wildman–Crippen MR) is 64.6 cm³/mol. The van der Waals surface area contributed by atoms with Crippen LogP contribution in [0, 0.1) is 0 Å². The fourth-order valence-corrected chi connectivity index (χ4v) is 1.30. The smallest absolute Gasteiger partial charge is 0.253 e. The van der Waals surface area contributed by atoms with Crippen LogP contribution in [0.4, 0.5) is 0 Å². The van der Waals surface area contributed by atoms with Crippen LogP contribution in [0.2, 0.25) is 5.02 Å². The third kappa shape index (κ3) is 3.47. The second kappa shape index (κ2) is 5.47. The van der Waals surface area contributed by atoms with Crippen molar-refractivity contribution in [3.8, 4) is 0 Å². The standard InChI is InChI=1S/C10H12BrClN2O/c1-6(11)7(2)14-10(15)8-3-4-13-5-9(8)12/h3-7H,1-2H3,(H,14,15). The Bertz CT molecular complexity index is 357. The molecule has 0 aliphatic rings. The molecule has 0 aliphatic carbocycles. The predicted octanol–water partition coefficient (Wildman–Crippen LogP) is 2.64. The Morgan fingerprint density at radius 3 is 2.80 bits per heavy atom. The lowest BCUT2D eigenvalue weighted by Crippen LogP contribution is -2.37. The van der Waals surface area contributed by atoms with Crippen LogP contribution >= 0.6 is 27.5 Å². The number of halogens is 2. The van der Waals surface area contributed by atoms with Crippen molar-refractivity contribution in [2.75, 3.05) is 0 Å². The van der Waals surface area contributed by atoms with Crippen LogP contribution < -0.4 is 5.32 Å². The number of hydrogen-bond donors (Lipinski definition) is 1. The van der Waals surface area contributed by atoms with Crippen molar-refractivity contribution >= 4 is 33.4 Å². The van der Waals surface area contributed by atoms with Crippen LogP contribution in [0.3, 0.4) is 0 Å². The van der Waals surface area contributed by atoms with Gasteiger partial charge in [0, 0.05) is 23.3 Å². The highest BCUT2D eigenvalue weighted by atomic mass is 79.9. The van der Waals surface area contributed by atoms with Gasteiger partial charge < -0.3 is 5.32 Å². The Balaban J connectivity index is 2.74. The molecule has 3 nitrogen and oxygen atoms in total. The number of amides is 1. The monoisotopic (exact) mass is 290 g/mol. The summed E-state index contributed by atoms with van der Waals surface area (Å²) in [6.07, 6.45) is 3.00. The van der Waals surface area contributed by atoms with Crippen molar-refractivity contribution < 1.29 is 4.79 Å². The van der Waals surface area contributed by atoms with Crippen molar-refractivity contribution in [3.63, 3.8) is 0 Å². The van der Waals surface area contributed by atoms with Gasteiger partial charge in [-0.05, 0) is 13.0 Å². The highest BCUT2D eigenvalue weighted by Gasteiger charge is 2.15. The molecule has 0 fully saturated rings. The normalized spacial score (nSPS) is 14.4. The van der Waals surface area contributed by atoms with E-state index in [1.54, 1.807) is 12.3 Å². The van der Waals surface area contributed by atoms with Gasteiger partial charge in [-0.25, -0.2) is 0 Å². The van der Waals surface area contributed by atoms with Gasteiger partial charge >= 0.3 is 0 Å². The molecule has 2 atom stereocenters. The first-order valence-corrected chi connectivity index (χ1v) is 5.86. The second-order valence-corrected chi connectivity index (χ2v) is 5.15. The Kier molecular flexibility index (Phi) is 4.54. The molecular weight excluding hydrogens is 279 g/mol. The lowest BCUT2D eigenvalue weighted by molar-refractivity contribution is 0.0940. The highest BCUT2D eigenvalue weighted by Crippen LogP contribution is 2.14. The molecule has 0 spiro atoms. The first kappa shape index (κ1) is 12.5. The van der Waals surface area contributed by atoms with Crippen molar-refractivity contribution in [2.45, 2.75) is 24.7 Å². The quantitative estimate of drug-likeness (QED) is 0.870. The van der Waals surface area contributed by atoms with E-state index in [1.807, 2.05) is 13.8 Å². The topological polar surface area (TPSA) is 42.0 Å². The Morgan fingerprint density at radius 2 is 2.27 bits per heavy atom. The number of rotatable bonds is 3. The average Bonchev–Trinajstić information content (AvgIpc) is 2.18. The molecule has 1 N–H and O–H groups in total. The molecule has 1 aromatic heterocycles. The van der Waals surface area contributed by atoms with E-state index in [9.17, 15) is 4.79 Å². The number of carbonyl (C=O) groups is 1. The third-order valence-corrected chi connectivity index (χ3v) is 3.16. The molecule has 15 heavy (non-hydrogen) atoms. The van der Waals surface area contributed by atoms with E-state index in [0.29, 0.717) is 10.6 Å². The Hall–Kier alpha value is -0.610. The van der Waals surface area contributed by atoms with Gasteiger partial charge in [-0.3, -0.25) is 9.78 Å². The number of aromatic nitrogens is 1. The molecule has 2 unspecified atom stereocenters. The van der Waals surface area contributed by atoms with Crippen LogP contribution in [-0.4, -0.2) is 21.8 Å².